The first-order chi connectivity index (χ1) is 14.8. The van der Waals surface area contributed by atoms with E-state index in [2.05, 4.69) is 0 Å². The molecule has 0 aliphatic heterocycles. The third-order valence-corrected chi connectivity index (χ3v) is 5.18. The zero-order valence-electron chi connectivity index (χ0n) is 18.6. The standard InChI is InChI=1S/C27H28O4/c1-17(2)20-12-6-8-14-22(20)26(28)30-24-16-10-11-19(5)25(24)31-27(29)23-15-9-7-13-21(23)18(3)4/h6-18H,1-5H3. The fraction of sp³-hybridized carbons (Fsp3) is 0.259. The zero-order valence-corrected chi connectivity index (χ0v) is 18.6. The first-order valence-corrected chi connectivity index (χ1v) is 10.5. The van der Waals surface area contributed by atoms with Crippen molar-refractivity contribution in [3.63, 3.8) is 0 Å². The third-order valence-electron chi connectivity index (χ3n) is 5.18. The summed E-state index contributed by atoms with van der Waals surface area (Å²) in [6.07, 6.45) is 0. The van der Waals surface area contributed by atoms with Crippen LogP contribution in [-0.4, -0.2) is 11.9 Å². The number of benzene rings is 3. The van der Waals surface area contributed by atoms with Crippen LogP contribution in [0.1, 0.15) is 76.9 Å². The van der Waals surface area contributed by atoms with E-state index in [1.807, 2.05) is 77.1 Å². The van der Waals surface area contributed by atoms with Crippen LogP contribution in [0.15, 0.2) is 66.7 Å². The highest BCUT2D eigenvalue weighted by molar-refractivity contribution is 5.95. The van der Waals surface area contributed by atoms with Crippen molar-refractivity contribution in [1.29, 1.82) is 0 Å². The van der Waals surface area contributed by atoms with Crippen molar-refractivity contribution in [2.45, 2.75) is 46.5 Å². The van der Waals surface area contributed by atoms with Crippen molar-refractivity contribution in [3.8, 4) is 11.5 Å². The molecule has 4 nitrogen and oxygen atoms in total. The van der Waals surface area contributed by atoms with Gasteiger partial charge in [0.2, 0.25) is 0 Å². The highest BCUT2D eigenvalue weighted by Gasteiger charge is 2.21. The van der Waals surface area contributed by atoms with Crippen LogP contribution in [0, 0.1) is 6.92 Å². The van der Waals surface area contributed by atoms with Gasteiger partial charge >= 0.3 is 11.9 Å². The monoisotopic (exact) mass is 416 g/mol. The molecule has 0 N–H and O–H groups in total. The van der Waals surface area contributed by atoms with Crippen molar-refractivity contribution >= 4 is 11.9 Å². The molecule has 0 bridgehead atoms. The van der Waals surface area contributed by atoms with Crippen molar-refractivity contribution < 1.29 is 19.1 Å². The van der Waals surface area contributed by atoms with E-state index in [-0.39, 0.29) is 23.3 Å². The number of hydrogen-bond acceptors (Lipinski definition) is 4. The number of aryl methyl sites for hydroxylation is 1. The van der Waals surface area contributed by atoms with Gasteiger partial charge in [-0.3, -0.25) is 0 Å². The van der Waals surface area contributed by atoms with Crippen LogP contribution in [0.2, 0.25) is 0 Å². The van der Waals surface area contributed by atoms with E-state index in [1.165, 1.54) is 0 Å². The van der Waals surface area contributed by atoms with E-state index in [1.54, 1.807) is 24.3 Å². The first-order valence-electron chi connectivity index (χ1n) is 10.5. The second-order valence-corrected chi connectivity index (χ2v) is 8.17. The number of esters is 2. The fourth-order valence-electron chi connectivity index (χ4n) is 3.51. The highest BCUT2D eigenvalue weighted by Crippen LogP contribution is 2.33. The van der Waals surface area contributed by atoms with Crippen LogP contribution in [0.4, 0.5) is 0 Å². The van der Waals surface area contributed by atoms with Gasteiger partial charge in [-0.05, 0) is 53.6 Å². The Kier molecular flexibility index (Phi) is 6.91. The highest BCUT2D eigenvalue weighted by atomic mass is 16.6. The molecule has 3 aromatic rings. The summed E-state index contributed by atoms with van der Waals surface area (Å²) in [4.78, 5) is 25.9. The minimum Gasteiger partial charge on any atom is -0.419 e. The van der Waals surface area contributed by atoms with Gasteiger partial charge in [-0.2, -0.15) is 0 Å². The molecule has 0 fully saturated rings. The normalized spacial score (nSPS) is 10.9. The van der Waals surface area contributed by atoms with Crippen molar-refractivity contribution in [2.24, 2.45) is 0 Å². The molecule has 0 unspecified atom stereocenters. The lowest BCUT2D eigenvalue weighted by Gasteiger charge is -2.16. The quantitative estimate of drug-likeness (QED) is 0.332. The molecule has 160 valence electrons. The molecule has 3 aromatic carbocycles. The predicted molar refractivity (Wildman–Crippen MR) is 122 cm³/mol. The minimum atomic E-state index is -0.477. The molecular formula is C27H28O4. The summed E-state index contributed by atoms with van der Waals surface area (Å²) in [5, 5.41) is 0. The van der Waals surface area contributed by atoms with Gasteiger partial charge in [0.25, 0.3) is 0 Å². The van der Waals surface area contributed by atoms with E-state index in [4.69, 9.17) is 9.47 Å². The van der Waals surface area contributed by atoms with Crippen molar-refractivity contribution in [2.75, 3.05) is 0 Å². The maximum absolute atomic E-state index is 13.0. The molecule has 31 heavy (non-hydrogen) atoms. The van der Waals surface area contributed by atoms with Crippen LogP contribution in [0.3, 0.4) is 0 Å². The Bertz CT molecular complexity index is 1100. The number of hydrogen-bond donors (Lipinski definition) is 0. The van der Waals surface area contributed by atoms with Crippen molar-refractivity contribution in [3.05, 3.63) is 94.5 Å². The molecule has 0 amide bonds. The summed E-state index contributed by atoms with van der Waals surface area (Å²) in [6.45, 7) is 9.92. The summed E-state index contributed by atoms with van der Waals surface area (Å²) in [6, 6.07) is 20.0. The fourth-order valence-corrected chi connectivity index (χ4v) is 3.51. The van der Waals surface area contributed by atoms with Gasteiger partial charge in [0.15, 0.2) is 11.5 Å². The van der Waals surface area contributed by atoms with Crippen LogP contribution in [0.5, 0.6) is 11.5 Å². The van der Waals surface area contributed by atoms with Crippen LogP contribution < -0.4 is 9.47 Å². The second kappa shape index (κ2) is 9.61. The van der Waals surface area contributed by atoms with E-state index in [9.17, 15) is 9.59 Å². The van der Waals surface area contributed by atoms with Gasteiger partial charge in [-0.15, -0.1) is 0 Å². The van der Waals surface area contributed by atoms with E-state index in [0.29, 0.717) is 16.7 Å². The van der Waals surface area contributed by atoms with Gasteiger partial charge in [0.05, 0.1) is 11.1 Å². The average Bonchev–Trinajstić information content (AvgIpc) is 2.75. The Balaban J connectivity index is 1.92. The average molecular weight is 417 g/mol. The maximum Gasteiger partial charge on any atom is 0.343 e. The van der Waals surface area contributed by atoms with Crippen LogP contribution >= 0.6 is 0 Å². The Hall–Kier alpha value is -3.40. The van der Waals surface area contributed by atoms with E-state index < -0.39 is 11.9 Å². The number of para-hydroxylation sites is 1. The molecule has 0 spiro atoms. The van der Waals surface area contributed by atoms with Gasteiger partial charge in [0.1, 0.15) is 0 Å². The van der Waals surface area contributed by atoms with Crippen LogP contribution in [0.25, 0.3) is 0 Å². The third kappa shape index (κ3) is 5.02. The molecular weight excluding hydrogens is 388 g/mol. The summed E-state index contributed by atoms with van der Waals surface area (Å²) >= 11 is 0. The van der Waals surface area contributed by atoms with E-state index in [0.717, 1.165) is 11.1 Å². The van der Waals surface area contributed by atoms with Crippen molar-refractivity contribution in [1.82, 2.24) is 0 Å². The summed E-state index contributed by atoms with van der Waals surface area (Å²) in [5.74, 6) is -0.134. The van der Waals surface area contributed by atoms with Crippen LogP contribution in [-0.2, 0) is 0 Å². The Morgan fingerprint density at radius 3 is 1.65 bits per heavy atom. The second-order valence-electron chi connectivity index (χ2n) is 8.17. The SMILES string of the molecule is Cc1cccc(OC(=O)c2ccccc2C(C)C)c1OC(=O)c1ccccc1C(C)C. The molecule has 3 rings (SSSR count). The number of carbonyl (C=O) groups excluding carboxylic acids is 2. The molecule has 0 heterocycles. The zero-order chi connectivity index (χ0) is 22.5. The Morgan fingerprint density at radius 2 is 1.13 bits per heavy atom. The number of carbonyl (C=O) groups is 2. The van der Waals surface area contributed by atoms with Gasteiger partial charge in [-0.1, -0.05) is 76.2 Å². The topological polar surface area (TPSA) is 52.6 Å². The Morgan fingerprint density at radius 1 is 0.645 bits per heavy atom. The smallest absolute Gasteiger partial charge is 0.343 e. The lowest BCUT2D eigenvalue weighted by Crippen LogP contribution is -2.16. The maximum atomic E-state index is 13.0. The lowest BCUT2D eigenvalue weighted by atomic mass is 9.97. The molecule has 0 aliphatic rings. The van der Waals surface area contributed by atoms with Gasteiger partial charge in [-0.25, -0.2) is 9.59 Å². The summed E-state index contributed by atoms with van der Waals surface area (Å²) < 4.78 is 11.5. The van der Waals surface area contributed by atoms with Gasteiger partial charge < -0.3 is 9.47 Å². The number of rotatable bonds is 6. The largest absolute Gasteiger partial charge is 0.419 e. The minimum absolute atomic E-state index is 0.172. The Labute approximate surface area is 183 Å². The number of ether oxygens (including phenoxy) is 2. The summed E-state index contributed by atoms with van der Waals surface area (Å²) in [5.41, 5.74) is 3.53. The molecule has 0 saturated heterocycles. The molecule has 0 atom stereocenters. The summed E-state index contributed by atoms with van der Waals surface area (Å²) in [7, 11) is 0. The molecule has 0 aliphatic carbocycles. The molecule has 0 saturated carbocycles. The van der Waals surface area contributed by atoms with E-state index >= 15 is 0 Å². The molecule has 0 radical (unpaired) electrons. The molecule has 0 aromatic heterocycles. The van der Waals surface area contributed by atoms with Gasteiger partial charge in [0, 0.05) is 0 Å². The lowest BCUT2D eigenvalue weighted by molar-refractivity contribution is 0.0680. The first kappa shape index (κ1) is 22.3. The predicted octanol–water partition coefficient (Wildman–Crippen LogP) is 6.68. The molecule has 4 heteroatoms.